The number of ether oxygens (including phenoxy) is 1. The van der Waals surface area contributed by atoms with Gasteiger partial charge >= 0.3 is 0 Å². The fourth-order valence-electron chi connectivity index (χ4n) is 3.04. The number of carbonyl (C=O) groups excluding carboxylic acids is 1. The molecule has 1 fully saturated rings. The Kier molecular flexibility index (Phi) is 5.11. The van der Waals surface area contributed by atoms with Crippen LogP contribution < -0.4 is 9.64 Å². The number of piperazine rings is 1. The van der Waals surface area contributed by atoms with Crippen LogP contribution in [0.1, 0.15) is 15.9 Å². The summed E-state index contributed by atoms with van der Waals surface area (Å²) in [6.07, 6.45) is 0. The van der Waals surface area contributed by atoms with Crippen LogP contribution in [0.4, 0.5) is 4.39 Å². The average Bonchev–Trinajstić information content (AvgIpc) is 2.62. The number of carbonyl (C=O) groups is 1. The minimum atomic E-state index is -0.371. The standard InChI is InChI=1S/C19H21FN2O2/c1-24-18-7-5-15(6-8-18)14-21-9-11-22(12-10-21)19(23)16-3-2-4-17(20)13-16/h2-8,13H,9-12,14H2,1H3/p+1. The van der Waals surface area contributed by atoms with Gasteiger partial charge < -0.3 is 14.5 Å². The first kappa shape index (κ1) is 16.5. The van der Waals surface area contributed by atoms with Gasteiger partial charge in [0.1, 0.15) is 18.1 Å². The molecule has 24 heavy (non-hydrogen) atoms. The van der Waals surface area contributed by atoms with Gasteiger partial charge in [0, 0.05) is 11.1 Å². The van der Waals surface area contributed by atoms with E-state index in [0.717, 1.165) is 25.4 Å². The van der Waals surface area contributed by atoms with E-state index in [4.69, 9.17) is 4.74 Å². The summed E-state index contributed by atoms with van der Waals surface area (Å²) >= 11 is 0. The monoisotopic (exact) mass is 329 g/mol. The predicted molar refractivity (Wildman–Crippen MR) is 89.7 cm³/mol. The molecular weight excluding hydrogens is 307 g/mol. The first-order chi connectivity index (χ1) is 11.7. The zero-order valence-electron chi connectivity index (χ0n) is 13.8. The molecule has 0 unspecified atom stereocenters. The number of amides is 1. The summed E-state index contributed by atoms with van der Waals surface area (Å²) in [4.78, 5) is 15.7. The maximum atomic E-state index is 13.3. The Balaban J connectivity index is 1.54. The molecule has 0 aromatic heterocycles. The molecule has 1 amide bonds. The Bertz CT molecular complexity index is 695. The first-order valence-electron chi connectivity index (χ1n) is 8.17. The number of benzene rings is 2. The molecule has 1 aliphatic heterocycles. The smallest absolute Gasteiger partial charge is 0.254 e. The number of rotatable bonds is 4. The molecule has 2 aromatic rings. The molecule has 0 spiro atoms. The van der Waals surface area contributed by atoms with Crippen LogP contribution in [0.3, 0.4) is 0 Å². The van der Waals surface area contributed by atoms with Gasteiger partial charge in [0.25, 0.3) is 5.91 Å². The second-order valence-electron chi connectivity index (χ2n) is 6.08. The van der Waals surface area contributed by atoms with Crippen LogP contribution in [-0.4, -0.2) is 44.1 Å². The molecule has 0 saturated carbocycles. The zero-order chi connectivity index (χ0) is 16.9. The van der Waals surface area contributed by atoms with Crippen LogP contribution in [0.2, 0.25) is 0 Å². The van der Waals surface area contributed by atoms with E-state index >= 15 is 0 Å². The van der Waals surface area contributed by atoms with E-state index in [-0.39, 0.29) is 11.7 Å². The topological polar surface area (TPSA) is 34.0 Å². The van der Waals surface area contributed by atoms with Gasteiger partial charge in [-0.25, -0.2) is 4.39 Å². The van der Waals surface area contributed by atoms with Gasteiger partial charge in [-0.05, 0) is 42.5 Å². The molecule has 1 heterocycles. The third kappa shape index (κ3) is 3.92. The quantitative estimate of drug-likeness (QED) is 0.919. The summed E-state index contributed by atoms with van der Waals surface area (Å²) in [6, 6.07) is 14.0. The van der Waals surface area contributed by atoms with E-state index in [1.165, 1.54) is 22.6 Å². The predicted octanol–water partition coefficient (Wildman–Crippen LogP) is 1.38. The summed E-state index contributed by atoms with van der Waals surface area (Å²) in [5.74, 6) is 0.405. The van der Waals surface area contributed by atoms with E-state index in [0.29, 0.717) is 18.7 Å². The van der Waals surface area contributed by atoms with Crippen molar-refractivity contribution < 1.29 is 18.8 Å². The highest BCUT2D eigenvalue weighted by Gasteiger charge is 2.24. The summed E-state index contributed by atoms with van der Waals surface area (Å²) in [6.45, 7) is 4.12. The van der Waals surface area contributed by atoms with E-state index in [1.54, 1.807) is 19.2 Å². The summed E-state index contributed by atoms with van der Waals surface area (Å²) in [5, 5.41) is 0. The molecule has 3 rings (SSSR count). The van der Waals surface area contributed by atoms with Crippen molar-refractivity contribution in [3.05, 3.63) is 65.5 Å². The van der Waals surface area contributed by atoms with Gasteiger partial charge in [0.15, 0.2) is 0 Å². The van der Waals surface area contributed by atoms with E-state index in [2.05, 4.69) is 12.1 Å². The normalized spacial score (nSPS) is 15.3. The van der Waals surface area contributed by atoms with Gasteiger partial charge in [-0.1, -0.05) is 6.07 Å². The third-order valence-electron chi connectivity index (χ3n) is 4.44. The average molecular weight is 329 g/mol. The van der Waals surface area contributed by atoms with Crippen molar-refractivity contribution in [1.29, 1.82) is 0 Å². The second kappa shape index (κ2) is 7.45. The lowest BCUT2D eigenvalue weighted by atomic mass is 10.1. The lowest BCUT2D eigenvalue weighted by Crippen LogP contribution is -3.13. The van der Waals surface area contributed by atoms with E-state index in [9.17, 15) is 9.18 Å². The number of halogens is 1. The van der Waals surface area contributed by atoms with Crippen LogP contribution >= 0.6 is 0 Å². The van der Waals surface area contributed by atoms with Gasteiger partial charge in [-0.2, -0.15) is 0 Å². The number of nitrogens with one attached hydrogen (secondary N) is 1. The van der Waals surface area contributed by atoms with Gasteiger partial charge in [-0.15, -0.1) is 0 Å². The Labute approximate surface area is 141 Å². The molecule has 1 N–H and O–H groups in total. The van der Waals surface area contributed by atoms with Gasteiger partial charge in [0.2, 0.25) is 0 Å². The molecule has 0 radical (unpaired) electrons. The van der Waals surface area contributed by atoms with Gasteiger partial charge in [0.05, 0.1) is 33.3 Å². The Hall–Kier alpha value is -2.40. The Morgan fingerprint density at radius 2 is 1.88 bits per heavy atom. The van der Waals surface area contributed by atoms with Crippen LogP contribution in [0.15, 0.2) is 48.5 Å². The van der Waals surface area contributed by atoms with Crippen molar-refractivity contribution in [1.82, 2.24) is 4.90 Å². The molecule has 0 atom stereocenters. The van der Waals surface area contributed by atoms with Crippen molar-refractivity contribution in [3.63, 3.8) is 0 Å². The third-order valence-corrected chi connectivity index (χ3v) is 4.44. The summed E-state index contributed by atoms with van der Waals surface area (Å²) in [5.41, 5.74) is 1.68. The molecule has 1 aliphatic rings. The number of hydrogen-bond donors (Lipinski definition) is 1. The largest absolute Gasteiger partial charge is 0.497 e. The second-order valence-corrected chi connectivity index (χ2v) is 6.08. The molecule has 1 saturated heterocycles. The highest BCUT2D eigenvalue weighted by Crippen LogP contribution is 2.11. The van der Waals surface area contributed by atoms with Crippen LogP contribution in [-0.2, 0) is 6.54 Å². The molecule has 5 heteroatoms. The number of quaternary nitrogens is 1. The van der Waals surface area contributed by atoms with Crippen LogP contribution in [0.25, 0.3) is 0 Å². The number of methoxy groups -OCH3 is 1. The van der Waals surface area contributed by atoms with Crippen molar-refractivity contribution in [2.45, 2.75) is 6.54 Å². The number of hydrogen-bond acceptors (Lipinski definition) is 2. The highest BCUT2D eigenvalue weighted by molar-refractivity contribution is 5.94. The summed E-state index contributed by atoms with van der Waals surface area (Å²) < 4.78 is 18.4. The molecule has 126 valence electrons. The van der Waals surface area contributed by atoms with E-state index < -0.39 is 0 Å². The number of nitrogens with zero attached hydrogens (tertiary/aromatic N) is 1. The summed E-state index contributed by atoms with van der Waals surface area (Å²) in [7, 11) is 1.66. The molecule has 0 aliphatic carbocycles. The zero-order valence-corrected chi connectivity index (χ0v) is 13.8. The van der Waals surface area contributed by atoms with Crippen LogP contribution in [0, 0.1) is 5.82 Å². The maximum Gasteiger partial charge on any atom is 0.254 e. The van der Waals surface area contributed by atoms with E-state index in [1.807, 2.05) is 17.0 Å². The molecule has 0 bridgehead atoms. The first-order valence-corrected chi connectivity index (χ1v) is 8.17. The minimum absolute atomic E-state index is 0.0852. The van der Waals surface area contributed by atoms with Gasteiger partial charge in [-0.3, -0.25) is 4.79 Å². The van der Waals surface area contributed by atoms with Crippen molar-refractivity contribution >= 4 is 5.91 Å². The molecule has 2 aromatic carbocycles. The Morgan fingerprint density at radius 1 is 1.17 bits per heavy atom. The fraction of sp³-hybridized carbons (Fsp3) is 0.316. The highest BCUT2D eigenvalue weighted by atomic mass is 19.1. The Morgan fingerprint density at radius 3 is 2.50 bits per heavy atom. The minimum Gasteiger partial charge on any atom is -0.497 e. The lowest BCUT2D eigenvalue weighted by Gasteiger charge is -2.32. The lowest BCUT2D eigenvalue weighted by molar-refractivity contribution is -0.917. The molecular formula is C19H22FN2O2+. The van der Waals surface area contributed by atoms with Crippen LogP contribution in [0.5, 0.6) is 5.75 Å². The van der Waals surface area contributed by atoms with Crippen molar-refractivity contribution in [2.24, 2.45) is 0 Å². The van der Waals surface area contributed by atoms with Crippen molar-refractivity contribution in [2.75, 3.05) is 33.3 Å². The maximum absolute atomic E-state index is 13.3. The molecule has 4 nitrogen and oxygen atoms in total. The van der Waals surface area contributed by atoms with Crippen molar-refractivity contribution in [3.8, 4) is 5.75 Å². The fourth-order valence-corrected chi connectivity index (χ4v) is 3.04. The SMILES string of the molecule is COc1ccc(C[NH+]2CCN(C(=O)c3cccc(F)c3)CC2)cc1.